The van der Waals surface area contributed by atoms with Crippen molar-refractivity contribution in [2.24, 2.45) is 0 Å². The van der Waals surface area contributed by atoms with Gasteiger partial charge in [-0.2, -0.15) is 0 Å². The Labute approximate surface area is 178 Å². The number of alkyl halides is 3. The zero-order valence-electron chi connectivity index (χ0n) is 16.3. The van der Waals surface area contributed by atoms with Crippen molar-refractivity contribution in [3.05, 3.63) is 64.2 Å². The number of carbonyl (C=O) groups is 3. The third kappa shape index (κ3) is 4.77. The second kappa shape index (κ2) is 8.17. The quantitative estimate of drug-likeness (QED) is 0.394. The van der Waals surface area contributed by atoms with Crippen molar-refractivity contribution < 1.29 is 37.2 Å². The number of nitro groups is 1. The van der Waals surface area contributed by atoms with Crippen molar-refractivity contribution >= 4 is 29.2 Å². The third-order valence-electron chi connectivity index (χ3n) is 4.60. The molecule has 32 heavy (non-hydrogen) atoms. The smallest absolute Gasteiger partial charge is 0.406 e. The number of ether oxygens (including phenoxy) is 1. The molecule has 1 saturated heterocycles. The summed E-state index contributed by atoms with van der Waals surface area (Å²) >= 11 is 0. The lowest BCUT2D eigenvalue weighted by molar-refractivity contribution is -0.384. The van der Waals surface area contributed by atoms with Gasteiger partial charge < -0.3 is 15.4 Å². The molecule has 168 valence electrons. The highest BCUT2D eigenvalue weighted by molar-refractivity contribution is 6.10. The molecular formula is C19H15F3N4O6. The third-order valence-corrected chi connectivity index (χ3v) is 4.60. The number of carbonyl (C=O) groups excluding carboxylic acids is 3. The molecule has 1 fully saturated rings. The first-order chi connectivity index (χ1) is 14.9. The second-order valence-corrected chi connectivity index (χ2v) is 6.87. The predicted octanol–water partition coefficient (Wildman–Crippen LogP) is 2.90. The fraction of sp³-hybridized carbons (Fsp3) is 0.211. The number of anilines is 1. The van der Waals surface area contributed by atoms with Gasteiger partial charge in [-0.15, -0.1) is 13.2 Å². The van der Waals surface area contributed by atoms with E-state index in [2.05, 4.69) is 15.4 Å². The van der Waals surface area contributed by atoms with Gasteiger partial charge in [-0.05, 0) is 36.8 Å². The number of rotatable bonds is 6. The Morgan fingerprint density at radius 1 is 1.16 bits per heavy atom. The molecule has 0 radical (unpaired) electrons. The minimum atomic E-state index is -4.88. The highest BCUT2D eigenvalue weighted by Crippen LogP contribution is 2.31. The first-order valence-corrected chi connectivity index (χ1v) is 8.94. The Bertz CT molecular complexity index is 1070. The van der Waals surface area contributed by atoms with Crippen LogP contribution < -0.4 is 15.4 Å². The van der Waals surface area contributed by atoms with E-state index in [1.807, 2.05) is 0 Å². The van der Waals surface area contributed by atoms with Gasteiger partial charge >= 0.3 is 12.4 Å². The Morgan fingerprint density at radius 2 is 1.75 bits per heavy atom. The molecule has 0 spiro atoms. The Balaban J connectivity index is 1.69. The lowest BCUT2D eigenvalue weighted by Crippen LogP contribution is -2.42. The van der Waals surface area contributed by atoms with Crippen LogP contribution in [-0.2, 0) is 15.1 Å². The highest BCUT2D eigenvalue weighted by Gasteiger charge is 2.49. The first kappa shape index (κ1) is 22.5. The van der Waals surface area contributed by atoms with E-state index < -0.39 is 47.0 Å². The average molecular weight is 452 g/mol. The molecule has 13 heteroatoms. The largest absolute Gasteiger partial charge is 0.573 e. The van der Waals surface area contributed by atoms with Crippen molar-refractivity contribution in [1.29, 1.82) is 0 Å². The van der Waals surface area contributed by atoms with E-state index in [0.29, 0.717) is 4.90 Å². The molecular weight excluding hydrogens is 437 g/mol. The number of nitrogens with zero attached hydrogens (tertiary/aromatic N) is 2. The topological polar surface area (TPSA) is 131 Å². The number of hydrogen-bond acceptors (Lipinski definition) is 6. The van der Waals surface area contributed by atoms with Crippen LogP contribution in [0.5, 0.6) is 5.75 Å². The average Bonchev–Trinajstić information content (AvgIpc) is 2.91. The molecule has 3 rings (SSSR count). The summed E-state index contributed by atoms with van der Waals surface area (Å²) in [6.07, 6.45) is -4.88. The standard InChI is InChI=1S/C19H15F3N4O6/c1-18(11-2-8-14(9-3-11)32-19(20,21)22)16(28)25(17(29)24-18)10-15(27)23-12-4-6-13(7-5-12)26(30)31/h2-9H,10H2,1H3,(H,23,27)(H,24,29). The molecule has 0 aromatic heterocycles. The van der Waals surface area contributed by atoms with Crippen LogP contribution in [0.2, 0.25) is 0 Å². The molecule has 0 bridgehead atoms. The van der Waals surface area contributed by atoms with Gasteiger partial charge in [-0.25, -0.2) is 4.79 Å². The van der Waals surface area contributed by atoms with Crippen molar-refractivity contribution in [1.82, 2.24) is 10.2 Å². The summed E-state index contributed by atoms with van der Waals surface area (Å²) in [5, 5.41) is 15.5. The summed E-state index contributed by atoms with van der Waals surface area (Å²) < 4.78 is 40.7. The molecule has 1 aliphatic rings. The zero-order valence-corrected chi connectivity index (χ0v) is 16.3. The van der Waals surface area contributed by atoms with Gasteiger partial charge in [0, 0.05) is 17.8 Å². The first-order valence-electron chi connectivity index (χ1n) is 8.94. The lowest BCUT2D eigenvalue weighted by Gasteiger charge is -2.22. The molecule has 0 saturated carbocycles. The molecule has 2 aromatic carbocycles. The van der Waals surface area contributed by atoms with Crippen molar-refractivity contribution in [2.75, 3.05) is 11.9 Å². The lowest BCUT2D eigenvalue weighted by atomic mass is 9.92. The Kier molecular flexibility index (Phi) is 5.75. The molecule has 0 aliphatic carbocycles. The van der Waals surface area contributed by atoms with E-state index in [1.54, 1.807) is 0 Å². The molecule has 1 heterocycles. The maximum absolute atomic E-state index is 12.8. The van der Waals surface area contributed by atoms with E-state index in [1.165, 1.54) is 43.3 Å². The number of imide groups is 1. The number of halogens is 3. The number of non-ortho nitro benzene ring substituents is 1. The van der Waals surface area contributed by atoms with E-state index in [0.717, 1.165) is 12.1 Å². The Morgan fingerprint density at radius 3 is 2.28 bits per heavy atom. The van der Waals surface area contributed by atoms with Gasteiger partial charge in [-0.3, -0.25) is 24.6 Å². The maximum Gasteiger partial charge on any atom is 0.573 e. The van der Waals surface area contributed by atoms with E-state index in [-0.39, 0.29) is 16.9 Å². The van der Waals surface area contributed by atoms with Crippen LogP contribution in [0.25, 0.3) is 0 Å². The van der Waals surface area contributed by atoms with Crippen LogP contribution in [0.1, 0.15) is 12.5 Å². The van der Waals surface area contributed by atoms with Crippen molar-refractivity contribution in [3.63, 3.8) is 0 Å². The van der Waals surface area contributed by atoms with Crippen LogP contribution >= 0.6 is 0 Å². The SMILES string of the molecule is CC1(c2ccc(OC(F)(F)F)cc2)NC(=O)N(CC(=O)Nc2ccc([N+](=O)[O-])cc2)C1=O. The fourth-order valence-corrected chi connectivity index (χ4v) is 3.04. The summed E-state index contributed by atoms with van der Waals surface area (Å²) in [5.41, 5.74) is -1.39. The fourth-order valence-electron chi connectivity index (χ4n) is 3.04. The number of hydrogen-bond donors (Lipinski definition) is 2. The predicted molar refractivity (Wildman–Crippen MR) is 102 cm³/mol. The number of nitrogens with one attached hydrogen (secondary N) is 2. The number of urea groups is 1. The summed E-state index contributed by atoms with van der Waals surface area (Å²) in [6, 6.07) is 8.44. The van der Waals surface area contributed by atoms with Crippen molar-refractivity contribution in [3.8, 4) is 5.75 Å². The summed E-state index contributed by atoms with van der Waals surface area (Å²) in [5.74, 6) is -2.02. The van der Waals surface area contributed by atoms with E-state index in [9.17, 15) is 37.7 Å². The van der Waals surface area contributed by atoms with Gasteiger partial charge in [-0.1, -0.05) is 12.1 Å². The molecule has 2 aromatic rings. The summed E-state index contributed by atoms with van der Waals surface area (Å²) in [7, 11) is 0. The molecule has 4 amide bonds. The summed E-state index contributed by atoms with van der Waals surface area (Å²) in [6.45, 7) is 0.702. The molecule has 1 aliphatic heterocycles. The van der Waals surface area contributed by atoms with Gasteiger partial charge in [0.1, 0.15) is 17.8 Å². The second-order valence-electron chi connectivity index (χ2n) is 6.87. The summed E-state index contributed by atoms with van der Waals surface area (Å²) in [4.78, 5) is 48.1. The van der Waals surface area contributed by atoms with Crippen LogP contribution in [0.3, 0.4) is 0 Å². The minimum Gasteiger partial charge on any atom is -0.406 e. The molecule has 1 unspecified atom stereocenters. The minimum absolute atomic E-state index is 0.181. The van der Waals surface area contributed by atoms with E-state index >= 15 is 0 Å². The van der Waals surface area contributed by atoms with Gasteiger partial charge in [0.25, 0.3) is 11.6 Å². The highest BCUT2D eigenvalue weighted by atomic mass is 19.4. The zero-order chi connectivity index (χ0) is 23.7. The normalized spacial score (nSPS) is 18.3. The molecule has 10 nitrogen and oxygen atoms in total. The molecule has 2 N–H and O–H groups in total. The monoisotopic (exact) mass is 452 g/mol. The number of benzene rings is 2. The molecule has 1 atom stereocenters. The van der Waals surface area contributed by atoms with Crippen LogP contribution in [-0.4, -0.2) is 40.6 Å². The Hall–Kier alpha value is -4.16. The number of nitro benzene ring substituents is 1. The van der Waals surface area contributed by atoms with Crippen LogP contribution in [0, 0.1) is 10.1 Å². The van der Waals surface area contributed by atoms with Gasteiger partial charge in [0.05, 0.1) is 4.92 Å². The number of amides is 4. The van der Waals surface area contributed by atoms with Gasteiger partial charge in [0.2, 0.25) is 5.91 Å². The van der Waals surface area contributed by atoms with Gasteiger partial charge in [0.15, 0.2) is 0 Å². The van der Waals surface area contributed by atoms with Crippen LogP contribution in [0.4, 0.5) is 29.3 Å². The van der Waals surface area contributed by atoms with Crippen molar-refractivity contribution in [2.45, 2.75) is 18.8 Å². The maximum atomic E-state index is 12.8. The van der Waals surface area contributed by atoms with E-state index in [4.69, 9.17) is 0 Å². The van der Waals surface area contributed by atoms with Crippen LogP contribution in [0.15, 0.2) is 48.5 Å².